The predicted molar refractivity (Wildman–Crippen MR) is 57.8 cm³/mol. The Bertz CT molecular complexity index is 413. The summed E-state index contributed by atoms with van der Waals surface area (Å²) in [6.45, 7) is 3.01. The molecule has 0 atom stereocenters. The first-order valence-electron chi connectivity index (χ1n) is 5.25. The van der Waals surface area contributed by atoms with Gasteiger partial charge in [-0.3, -0.25) is 4.79 Å². The summed E-state index contributed by atoms with van der Waals surface area (Å²) in [5.74, 6) is 0.715. The zero-order valence-corrected chi connectivity index (χ0v) is 9.14. The Kier molecular flexibility index (Phi) is 2.94. The smallest absolute Gasteiger partial charge is 0.257 e. The fourth-order valence-corrected chi connectivity index (χ4v) is 1.81. The first-order valence-corrected chi connectivity index (χ1v) is 5.25. The van der Waals surface area contributed by atoms with Crippen molar-refractivity contribution in [3.8, 4) is 0 Å². The second kappa shape index (κ2) is 4.38. The Balaban J connectivity index is 2.02. The third-order valence-electron chi connectivity index (χ3n) is 2.75. The van der Waals surface area contributed by atoms with Gasteiger partial charge in [0.15, 0.2) is 0 Å². The summed E-state index contributed by atoms with van der Waals surface area (Å²) in [6.07, 6.45) is 2.76. The molecule has 16 heavy (non-hydrogen) atoms. The Hall–Kier alpha value is -1.78. The van der Waals surface area contributed by atoms with Gasteiger partial charge in [-0.05, 0) is 13.0 Å². The monoisotopic (exact) mass is 222 g/mol. The van der Waals surface area contributed by atoms with Gasteiger partial charge in [-0.25, -0.2) is 0 Å². The molecule has 1 aliphatic heterocycles. The summed E-state index contributed by atoms with van der Waals surface area (Å²) < 4.78 is 5.11. The molecule has 2 rings (SSSR count). The van der Waals surface area contributed by atoms with Crippen LogP contribution in [0.3, 0.4) is 0 Å². The lowest BCUT2D eigenvalue weighted by Crippen LogP contribution is -2.38. The van der Waals surface area contributed by atoms with Crippen LogP contribution in [0.2, 0.25) is 0 Å². The number of furan rings is 1. The number of hydrogen-bond donors (Lipinski definition) is 1. The molecule has 0 bridgehead atoms. The van der Waals surface area contributed by atoms with E-state index in [-0.39, 0.29) is 5.91 Å². The van der Waals surface area contributed by atoms with Crippen molar-refractivity contribution in [3.05, 3.63) is 23.7 Å². The molecule has 1 saturated heterocycles. The number of nitrogens with zero attached hydrogens (tertiary/aromatic N) is 2. The number of aryl methyl sites for hydroxylation is 1. The summed E-state index contributed by atoms with van der Waals surface area (Å²) in [5.41, 5.74) is 1.34. The molecule has 0 saturated carbocycles. The van der Waals surface area contributed by atoms with Gasteiger partial charge in [-0.1, -0.05) is 5.16 Å². The molecule has 0 spiro atoms. The average Bonchev–Trinajstić information content (AvgIpc) is 2.75. The lowest BCUT2D eigenvalue weighted by atomic mass is 10.1. The Labute approximate surface area is 93.3 Å². The van der Waals surface area contributed by atoms with E-state index in [1.807, 2.05) is 6.92 Å². The van der Waals surface area contributed by atoms with Gasteiger partial charge < -0.3 is 14.5 Å². The molecule has 1 amide bonds. The van der Waals surface area contributed by atoms with E-state index in [1.54, 1.807) is 11.0 Å². The molecule has 0 radical (unpaired) electrons. The number of likely N-dealkylation sites (tertiary alicyclic amines) is 1. The van der Waals surface area contributed by atoms with Crippen molar-refractivity contribution in [2.24, 2.45) is 5.16 Å². The topological polar surface area (TPSA) is 66.0 Å². The van der Waals surface area contributed by atoms with Gasteiger partial charge in [0.25, 0.3) is 5.91 Å². The van der Waals surface area contributed by atoms with Crippen molar-refractivity contribution < 1.29 is 14.4 Å². The van der Waals surface area contributed by atoms with Crippen molar-refractivity contribution in [2.45, 2.75) is 19.8 Å². The molecule has 2 heterocycles. The Morgan fingerprint density at radius 1 is 1.50 bits per heavy atom. The van der Waals surface area contributed by atoms with Gasteiger partial charge in [0.05, 0.1) is 11.3 Å². The lowest BCUT2D eigenvalue weighted by molar-refractivity contribution is 0.0753. The quantitative estimate of drug-likeness (QED) is 0.580. The average molecular weight is 222 g/mol. The van der Waals surface area contributed by atoms with Crippen molar-refractivity contribution >= 4 is 11.6 Å². The van der Waals surface area contributed by atoms with Crippen molar-refractivity contribution in [1.82, 2.24) is 4.90 Å². The van der Waals surface area contributed by atoms with Crippen LogP contribution in [-0.4, -0.2) is 34.8 Å². The number of oxime groups is 1. The first kappa shape index (κ1) is 10.7. The predicted octanol–water partition coefficient (Wildman–Crippen LogP) is 1.65. The molecular formula is C11H14N2O3. The largest absolute Gasteiger partial charge is 0.469 e. The van der Waals surface area contributed by atoms with Crippen LogP contribution >= 0.6 is 0 Å². The van der Waals surface area contributed by atoms with Gasteiger partial charge in [0.1, 0.15) is 12.0 Å². The number of carbonyl (C=O) groups excluding carboxylic acids is 1. The summed E-state index contributed by atoms with van der Waals surface area (Å²) >= 11 is 0. The molecule has 86 valence electrons. The van der Waals surface area contributed by atoms with Crippen molar-refractivity contribution in [1.29, 1.82) is 0 Å². The van der Waals surface area contributed by atoms with Crippen LogP contribution in [0.15, 0.2) is 21.9 Å². The Morgan fingerprint density at radius 2 is 2.19 bits per heavy atom. The van der Waals surface area contributed by atoms with Gasteiger partial charge in [-0.15, -0.1) is 0 Å². The van der Waals surface area contributed by atoms with E-state index < -0.39 is 0 Å². The lowest BCUT2D eigenvalue weighted by Gasteiger charge is -2.26. The SMILES string of the molecule is Cc1cc(C(=O)N2CCC(=NO)CC2)co1. The molecule has 5 heteroatoms. The van der Waals surface area contributed by atoms with Crippen LogP contribution in [0.4, 0.5) is 0 Å². The zero-order chi connectivity index (χ0) is 11.5. The van der Waals surface area contributed by atoms with E-state index in [2.05, 4.69) is 5.16 Å². The number of hydrogen-bond acceptors (Lipinski definition) is 4. The summed E-state index contributed by atoms with van der Waals surface area (Å²) in [5, 5.41) is 11.8. The van der Waals surface area contributed by atoms with Crippen molar-refractivity contribution in [3.63, 3.8) is 0 Å². The summed E-state index contributed by atoms with van der Waals surface area (Å²) in [7, 11) is 0. The summed E-state index contributed by atoms with van der Waals surface area (Å²) in [4.78, 5) is 13.7. The minimum atomic E-state index is -0.0196. The normalized spacial score (nSPS) is 16.3. The third kappa shape index (κ3) is 2.08. The Morgan fingerprint density at radius 3 is 2.69 bits per heavy atom. The molecule has 0 aromatic carbocycles. The molecule has 0 unspecified atom stereocenters. The minimum Gasteiger partial charge on any atom is -0.469 e. The molecule has 1 fully saturated rings. The molecule has 1 aromatic heterocycles. The first-order chi connectivity index (χ1) is 7.70. The number of piperidine rings is 1. The fraction of sp³-hybridized carbons (Fsp3) is 0.455. The highest BCUT2D eigenvalue weighted by Gasteiger charge is 2.22. The van der Waals surface area contributed by atoms with E-state index in [0.717, 1.165) is 11.5 Å². The van der Waals surface area contributed by atoms with Crippen LogP contribution in [0, 0.1) is 6.92 Å². The highest BCUT2D eigenvalue weighted by Crippen LogP contribution is 2.14. The zero-order valence-electron chi connectivity index (χ0n) is 9.14. The van der Waals surface area contributed by atoms with E-state index in [9.17, 15) is 4.79 Å². The molecule has 1 N–H and O–H groups in total. The molecule has 0 aliphatic carbocycles. The maximum absolute atomic E-state index is 12.0. The van der Waals surface area contributed by atoms with Crippen LogP contribution in [-0.2, 0) is 0 Å². The molecule has 1 aromatic rings. The molecular weight excluding hydrogens is 208 g/mol. The second-order valence-corrected chi connectivity index (χ2v) is 3.90. The van der Waals surface area contributed by atoms with Crippen LogP contribution in [0.5, 0.6) is 0 Å². The number of rotatable bonds is 1. The summed E-state index contributed by atoms with van der Waals surface area (Å²) in [6, 6.07) is 1.73. The van der Waals surface area contributed by atoms with Gasteiger partial charge >= 0.3 is 0 Å². The fourth-order valence-electron chi connectivity index (χ4n) is 1.81. The maximum atomic E-state index is 12.0. The van der Waals surface area contributed by atoms with Crippen LogP contribution < -0.4 is 0 Å². The second-order valence-electron chi connectivity index (χ2n) is 3.90. The standard InChI is InChI=1S/C11H14N2O3/c1-8-6-9(7-16-8)11(14)13-4-2-10(12-15)3-5-13/h6-7,15H,2-5H2,1H3. The highest BCUT2D eigenvalue weighted by atomic mass is 16.4. The maximum Gasteiger partial charge on any atom is 0.257 e. The molecule has 5 nitrogen and oxygen atoms in total. The third-order valence-corrected chi connectivity index (χ3v) is 2.75. The van der Waals surface area contributed by atoms with Crippen molar-refractivity contribution in [2.75, 3.05) is 13.1 Å². The molecule has 1 aliphatic rings. The highest BCUT2D eigenvalue weighted by molar-refractivity contribution is 5.95. The van der Waals surface area contributed by atoms with E-state index in [1.165, 1.54) is 6.26 Å². The van der Waals surface area contributed by atoms with Gasteiger partial charge in [-0.2, -0.15) is 0 Å². The number of carbonyl (C=O) groups is 1. The number of amides is 1. The minimum absolute atomic E-state index is 0.0196. The van der Waals surface area contributed by atoms with Gasteiger partial charge in [0.2, 0.25) is 0 Å². The van der Waals surface area contributed by atoms with Crippen LogP contribution in [0.25, 0.3) is 0 Å². The van der Waals surface area contributed by atoms with Crippen LogP contribution in [0.1, 0.15) is 29.0 Å². The van der Waals surface area contributed by atoms with E-state index >= 15 is 0 Å². The van der Waals surface area contributed by atoms with E-state index in [4.69, 9.17) is 9.62 Å². The van der Waals surface area contributed by atoms with Gasteiger partial charge in [0, 0.05) is 25.9 Å². The van der Waals surface area contributed by atoms with E-state index in [0.29, 0.717) is 31.5 Å².